The molecule has 0 saturated heterocycles. The number of benzene rings is 1. The number of aliphatic carboxylic acids is 1. The third kappa shape index (κ3) is 3.17. The van der Waals surface area contributed by atoms with Crippen LogP contribution in [0, 0.1) is 5.82 Å². The largest absolute Gasteiger partial charge is 0.494 e. The highest BCUT2D eigenvalue weighted by atomic mass is 19.1. The monoisotopic (exact) mass is 241 g/mol. The van der Waals surface area contributed by atoms with Crippen LogP contribution < -0.4 is 10.1 Å². The molecule has 1 aromatic carbocycles. The predicted octanol–water partition coefficient (Wildman–Crippen LogP) is 1.04. The maximum atomic E-state index is 13.1. The fourth-order valence-corrected chi connectivity index (χ4v) is 1.14. The number of carbonyl (C=O) groups excluding carboxylic acids is 1. The van der Waals surface area contributed by atoms with E-state index in [-0.39, 0.29) is 11.3 Å². The number of hydrogen-bond acceptors (Lipinski definition) is 3. The lowest BCUT2D eigenvalue weighted by Gasteiger charge is -2.10. The second kappa shape index (κ2) is 5.29. The second-order valence-corrected chi connectivity index (χ2v) is 3.38. The smallest absolute Gasteiger partial charge is 0.325 e. The Bertz CT molecular complexity index is 447. The summed E-state index contributed by atoms with van der Waals surface area (Å²) in [4.78, 5) is 22.1. The molecular weight excluding hydrogens is 229 g/mol. The van der Waals surface area contributed by atoms with Gasteiger partial charge in [0.05, 0.1) is 7.11 Å². The summed E-state index contributed by atoms with van der Waals surface area (Å²) in [5.74, 6) is -2.40. The Balaban J connectivity index is 2.86. The minimum atomic E-state index is -1.15. The van der Waals surface area contributed by atoms with Crippen LogP contribution in [0.15, 0.2) is 18.2 Å². The van der Waals surface area contributed by atoms with E-state index in [0.717, 1.165) is 6.07 Å². The first kappa shape index (κ1) is 13.0. The molecule has 2 N–H and O–H groups in total. The summed E-state index contributed by atoms with van der Waals surface area (Å²) < 4.78 is 17.8. The standard InChI is InChI=1S/C11H12FNO4/c1-6(11(15)16)13-10(14)7-3-4-8(12)9(5-7)17-2/h3-6H,1-2H3,(H,13,14)(H,15,16)/t6-/m1/s1. The Labute approximate surface area is 97.2 Å². The van der Waals surface area contributed by atoms with Crippen LogP contribution >= 0.6 is 0 Å². The highest BCUT2D eigenvalue weighted by Crippen LogP contribution is 2.18. The quantitative estimate of drug-likeness (QED) is 0.825. The maximum absolute atomic E-state index is 13.1. The topological polar surface area (TPSA) is 75.6 Å². The first-order valence-electron chi connectivity index (χ1n) is 4.83. The van der Waals surface area contributed by atoms with Gasteiger partial charge in [0.1, 0.15) is 6.04 Å². The van der Waals surface area contributed by atoms with Crippen molar-refractivity contribution in [2.75, 3.05) is 7.11 Å². The zero-order valence-electron chi connectivity index (χ0n) is 9.36. The Morgan fingerprint density at radius 1 is 1.47 bits per heavy atom. The average molecular weight is 241 g/mol. The zero-order valence-corrected chi connectivity index (χ0v) is 9.36. The molecule has 0 heterocycles. The van der Waals surface area contributed by atoms with Crippen molar-refractivity contribution >= 4 is 11.9 Å². The minimum absolute atomic E-state index is 0.0689. The van der Waals surface area contributed by atoms with Crippen LogP contribution in [0.5, 0.6) is 5.75 Å². The number of nitrogens with one attached hydrogen (secondary N) is 1. The molecule has 1 atom stereocenters. The highest BCUT2D eigenvalue weighted by Gasteiger charge is 2.16. The molecule has 0 aromatic heterocycles. The fourth-order valence-electron chi connectivity index (χ4n) is 1.14. The maximum Gasteiger partial charge on any atom is 0.325 e. The van der Waals surface area contributed by atoms with E-state index in [1.165, 1.54) is 26.2 Å². The van der Waals surface area contributed by atoms with E-state index in [1.807, 2.05) is 0 Å². The van der Waals surface area contributed by atoms with Crippen molar-refractivity contribution in [1.29, 1.82) is 0 Å². The third-order valence-corrected chi connectivity index (χ3v) is 2.13. The summed E-state index contributed by atoms with van der Waals surface area (Å²) in [5.41, 5.74) is 0.136. The van der Waals surface area contributed by atoms with E-state index in [0.29, 0.717) is 0 Å². The number of hydrogen-bond donors (Lipinski definition) is 2. The molecule has 0 unspecified atom stereocenters. The first-order chi connectivity index (χ1) is 7.95. The minimum Gasteiger partial charge on any atom is -0.494 e. The SMILES string of the molecule is COc1cc(C(=O)N[C@H](C)C(=O)O)ccc1F. The van der Waals surface area contributed by atoms with E-state index >= 15 is 0 Å². The van der Waals surface area contributed by atoms with Crippen LogP contribution in [-0.2, 0) is 4.79 Å². The molecule has 1 amide bonds. The molecule has 0 spiro atoms. The van der Waals surface area contributed by atoms with Gasteiger partial charge in [0.15, 0.2) is 11.6 Å². The van der Waals surface area contributed by atoms with Gasteiger partial charge in [-0.05, 0) is 25.1 Å². The molecule has 6 heteroatoms. The first-order valence-corrected chi connectivity index (χ1v) is 4.83. The average Bonchev–Trinajstić information content (AvgIpc) is 2.29. The lowest BCUT2D eigenvalue weighted by atomic mass is 10.2. The van der Waals surface area contributed by atoms with Crippen LogP contribution in [0.25, 0.3) is 0 Å². The summed E-state index contributed by atoms with van der Waals surface area (Å²) in [7, 11) is 1.28. The molecule has 0 bridgehead atoms. The van der Waals surface area contributed by atoms with Crippen molar-refractivity contribution in [1.82, 2.24) is 5.32 Å². The van der Waals surface area contributed by atoms with E-state index < -0.39 is 23.7 Å². The van der Waals surface area contributed by atoms with E-state index in [9.17, 15) is 14.0 Å². The van der Waals surface area contributed by atoms with Gasteiger partial charge in [-0.25, -0.2) is 4.39 Å². The Hall–Kier alpha value is -2.11. The Morgan fingerprint density at radius 2 is 2.12 bits per heavy atom. The van der Waals surface area contributed by atoms with Crippen molar-refractivity contribution in [2.24, 2.45) is 0 Å². The fraction of sp³-hybridized carbons (Fsp3) is 0.273. The highest BCUT2D eigenvalue weighted by molar-refractivity contribution is 5.96. The molecule has 1 rings (SSSR count). The van der Waals surface area contributed by atoms with Gasteiger partial charge in [-0.15, -0.1) is 0 Å². The van der Waals surface area contributed by atoms with Crippen molar-refractivity contribution in [3.63, 3.8) is 0 Å². The van der Waals surface area contributed by atoms with Crippen LogP contribution in [0.3, 0.4) is 0 Å². The van der Waals surface area contributed by atoms with Crippen molar-refractivity contribution in [3.8, 4) is 5.75 Å². The van der Waals surface area contributed by atoms with Gasteiger partial charge in [-0.2, -0.15) is 0 Å². The number of carbonyl (C=O) groups is 2. The number of rotatable bonds is 4. The lowest BCUT2D eigenvalue weighted by molar-refractivity contribution is -0.138. The van der Waals surface area contributed by atoms with Gasteiger partial charge < -0.3 is 15.2 Å². The number of methoxy groups -OCH3 is 1. The predicted molar refractivity (Wildman–Crippen MR) is 57.5 cm³/mol. The van der Waals surface area contributed by atoms with Crippen molar-refractivity contribution in [3.05, 3.63) is 29.6 Å². The van der Waals surface area contributed by atoms with Gasteiger partial charge in [0.2, 0.25) is 0 Å². The van der Waals surface area contributed by atoms with E-state index in [2.05, 4.69) is 5.32 Å². The number of halogens is 1. The molecular formula is C11H12FNO4. The normalized spacial score (nSPS) is 11.7. The summed E-state index contributed by atoms with van der Waals surface area (Å²) in [6.45, 7) is 1.33. The molecule has 0 aliphatic heterocycles. The number of carboxylic acid groups (broad SMARTS) is 1. The van der Waals surface area contributed by atoms with Gasteiger partial charge >= 0.3 is 5.97 Å². The molecule has 0 aliphatic rings. The van der Waals surface area contributed by atoms with E-state index in [4.69, 9.17) is 9.84 Å². The Kier molecular flexibility index (Phi) is 4.03. The molecule has 0 radical (unpaired) electrons. The van der Waals surface area contributed by atoms with Gasteiger partial charge in [0, 0.05) is 5.56 Å². The molecule has 0 fully saturated rings. The summed E-state index contributed by atoms with van der Waals surface area (Å²) >= 11 is 0. The second-order valence-electron chi connectivity index (χ2n) is 3.38. The summed E-state index contributed by atoms with van der Waals surface area (Å²) in [5, 5.41) is 10.9. The molecule has 0 aliphatic carbocycles. The van der Waals surface area contributed by atoms with Gasteiger partial charge in [-0.3, -0.25) is 9.59 Å². The van der Waals surface area contributed by atoms with Crippen LogP contribution in [-0.4, -0.2) is 30.1 Å². The molecule has 17 heavy (non-hydrogen) atoms. The van der Waals surface area contributed by atoms with Crippen molar-refractivity contribution in [2.45, 2.75) is 13.0 Å². The van der Waals surface area contributed by atoms with E-state index in [1.54, 1.807) is 0 Å². The molecule has 5 nitrogen and oxygen atoms in total. The Morgan fingerprint density at radius 3 is 2.65 bits per heavy atom. The summed E-state index contributed by atoms with van der Waals surface area (Å²) in [6.07, 6.45) is 0. The zero-order chi connectivity index (χ0) is 13.0. The molecule has 1 aromatic rings. The molecule has 0 saturated carbocycles. The number of ether oxygens (including phenoxy) is 1. The van der Waals surface area contributed by atoms with Gasteiger partial charge in [-0.1, -0.05) is 0 Å². The van der Waals surface area contributed by atoms with Crippen molar-refractivity contribution < 1.29 is 23.8 Å². The summed E-state index contributed by atoms with van der Waals surface area (Å²) in [6, 6.07) is 2.53. The number of carboxylic acids is 1. The van der Waals surface area contributed by atoms with Crippen LogP contribution in [0.1, 0.15) is 17.3 Å². The number of amides is 1. The van der Waals surface area contributed by atoms with Crippen LogP contribution in [0.4, 0.5) is 4.39 Å². The lowest BCUT2D eigenvalue weighted by Crippen LogP contribution is -2.38. The van der Waals surface area contributed by atoms with Crippen LogP contribution in [0.2, 0.25) is 0 Å². The third-order valence-electron chi connectivity index (χ3n) is 2.13. The molecule has 92 valence electrons. The van der Waals surface area contributed by atoms with Gasteiger partial charge in [0.25, 0.3) is 5.91 Å².